The summed E-state index contributed by atoms with van der Waals surface area (Å²) in [6, 6.07) is 18.0. The Kier molecular flexibility index (Phi) is 5.00. The van der Waals surface area contributed by atoms with Crippen molar-refractivity contribution in [2.24, 2.45) is 0 Å². The lowest BCUT2D eigenvalue weighted by molar-refractivity contribution is 0.733. The molecule has 0 heteroatoms. The first-order valence-electron chi connectivity index (χ1n) is 7.86. The molecule has 106 valence electrons. The lowest BCUT2D eigenvalue weighted by Crippen LogP contribution is -1.93. The maximum Gasteiger partial charge on any atom is -0.0181 e. The Morgan fingerprint density at radius 1 is 0.700 bits per heavy atom. The third-order valence-electron chi connectivity index (χ3n) is 4.47. The molecule has 0 aliphatic heterocycles. The van der Waals surface area contributed by atoms with E-state index in [1.54, 1.807) is 0 Å². The van der Waals surface area contributed by atoms with Crippen molar-refractivity contribution in [3.05, 3.63) is 59.7 Å². The summed E-state index contributed by atoms with van der Waals surface area (Å²) in [4.78, 5) is 0. The smallest absolute Gasteiger partial charge is 0.0181 e. The molecule has 0 saturated heterocycles. The average molecular weight is 266 g/mol. The number of benzene rings is 2. The van der Waals surface area contributed by atoms with Crippen molar-refractivity contribution in [2.75, 3.05) is 0 Å². The van der Waals surface area contributed by atoms with E-state index < -0.39 is 0 Å². The quantitative estimate of drug-likeness (QED) is 0.589. The van der Waals surface area contributed by atoms with Crippen LogP contribution in [0.4, 0.5) is 0 Å². The third kappa shape index (κ3) is 3.30. The molecule has 2 atom stereocenters. The van der Waals surface area contributed by atoms with Crippen molar-refractivity contribution in [1.29, 1.82) is 0 Å². The monoisotopic (exact) mass is 266 g/mol. The summed E-state index contributed by atoms with van der Waals surface area (Å²) in [5.41, 5.74) is 5.57. The minimum atomic E-state index is 0.632. The molecule has 0 aliphatic rings. The van der Waals surface area contributed by atoms with Crippen LogP contribution in [-0.2, 0) is 0 Å². The van der Waals surface area contributed by atoms with Crippen LogP contribution in [0.25, 0.3) is 11.1 Å². The van der Waals surface area contributed by atoms with Crippen LogP contribution in [0.3, 0.4) is 0 Å². The predicted molar refractivity (Wildman–Crippen MR) is 89.3 cm³/mol. The molecule has 2 aromatic carbocycles. The number of rotatable bonds is 5. The van der Waals surface area contributed by atoms with E-state index in [4.69, 9.17) is 0 Å². The zero-order valence-electron chi connectivity index (χ0n) is 13.2. The second-order valence-electron chi connectivity index (χ2n) is 5.87. The molecule has 0 saturated carbocycles. The van der Waals surface area contributed by atoms with E-state index in [1.807, 2.05) is 0 Å². The standard InChI is InChI=1S/C20H26/c1-5-15(3)17-9-7-11-19(13-17)20-12-8-10-18(14-20)16(4)6-2/h7-16H,5-6H2,1-4H3. The van der Waals surface area contributed by atoms with Crippen molar-refractivity contribution in [2.45, 2.75) is 52.4 Å². The first-order chi connectivity index (χ1) is 9.65. The lowest BCUT2D eigenvalue weighted by atomic mass is 9.92. The van der Waals surface area contributed by atoms with Gasteiger partial charge in [0.05, 0.1) is 0 Å². The minimum Gasteiger partial charge on any atom is -0.0648 e. The zero-order valence-corrected chi connectivity index (χ0v) is 13.2. The SMILES string of the molecule is CCC(C)c1cccc(-c2cccc(C(C)CC)c2)c1. The Balaban J connectivity index is 2.36. The van der Waals surface area contributed by atoms with Crippen molar-refractivity contribution in [3.63, 3.8) is 0 Å². The fourth-order valence-electron chi connectivity index (χ4n) is 2.52. The minimum absolute atomic E-state index is 0.632. The van der Waals surface area contributed by atoms with Gasteiger partial charge in [-0.05, 0) is 46.9 Å². The van der Waals surface area contributed by atoms with E-state index in [0.717, 1.165) is 0 Å². The normalized spacial score (nSPS) is 14.0. The van der Waals surface area contributed by atoms with Gasteiger partial charge in [0.15, 0.2) is 0 Å². The van der Waals surface area contributed by atoms with E-state index in [1.165, 1.54) is 35.1 Å². The van der Waals surface area contributed by atoms with Crippen LogP contribution in [0, 0.1) is 0 Å². The second-order valence-corrected chi connectivity index (χ2v) is 5.87. The topological polar surface area (TPSA) is 0 Å². The summed E-state index contributed by atoms with van der Waals surface area (Å²) in [6.07, 6.45) is 2.38. The summed E-state index contributed by atoms with van der Waals surface area (Å²) in [5, 5.41) is 0. The van der Waals surface area contributed by atoms with E-state index in [2.05, 4.69) is 76.2 Å². The maximum absolute atomic E-state index is 2.35. The second kappa shape index (κ2) is 6.74. The molecule has 2 aromatic rings. The van der Waals surface area contributed by atoms with Gasteiger partial charge in [-0.3, -0.25) is 0 Å². The molecule has 0 radical (unpaired) electrons. The molecule has 0 heterocycles. The largest absolute Gasteiger partial charge is 0.0648 e. The van der Waals surface area contributed by atoms with Crippen LogP contribution in [0.1, 0.15) is 63.5 Å². The van der Waals surface area contributed by atoms with Gasteiger partial charge in [-0.15, -0.1) is 0 Å². The Hall–Kier alpha value is -1.56. The van der Waals surface area contributed by atoms with Gasteiger partial charge in [-0.25, -0.2) is 0 Å². The summed E-state index contributed by atoms with van der Waals surface area (Å²) >= 11 is 0. The summed E-state index contributed by atoms with van der Waals surface area (Å²) in [7, 11) is 0. The van der Waals surface area contributed by atoms with E-state index in [-0.39, 0.29) is 0 Å². The van der Waals surface area contributed by atoms with Gasteiger partial charge < -0.3 is 0 Å². The molecule has 0 aromatic heterocycles. The number of hydrogen-bond donors (Lipinski definition) is 0. The molecular formula is C20H26. The summed E-state index contributed by atoms with van der Waals surface area (Å²) in [5.74, 6) is 1.26. The average Bonchev–Trinajstić information content (AvgIpc) is 2.53. The Morgan fingerprint density at radius 2 is 1.10 bits per heavy atom. The third-order valence-corrected chi connectivity index (χ3v) is 4.47. The maximum atomic E-state index is 2.35. The van der Waals surface area contributed by atoms with Crippen molar-refractivity contribution >= 4 is 0 Å². The van der Waals surface area contributed by atoms with Gasteiger partial charge in [0.25, 0.3) is 0 Å². The molecular weight excluding hydrogens is 240 g/mol. The molecule has 0 nitrogen and oxygen atoms in total. The van der Waals surface area contributed by atoms with Gasteiger partial charge in [0.1, 0.15) is 0 Å². The van der Waals surface area contributed by atoms with E-state index in [9.17, 15) is 0 Å². The molecule has 0 bridgehead atoms. The Morgan fingerprint density at radius 3 is 1.45 bits per heavy atom. The fourth-order valence-corrected chi connectivity index (χ4v) is 2.52. The van der Waals surface area contributed by atoms with Gasteiger partial charge in [-0.1, -0.05) is 76.2 Å². The molecule has 0 spiro atoms. The van der Waals surface area contributed by atoms with Crippen LogP contribution in [0.15, 0.2) is 48.5 Å². The molecule has 0 fully saturated rings. The molecule has 0 amide bonds. The Bertz CT molecular complexity index is 502. The van der Waals surface area contributed by atoms with Crippen LogP contribution in [-0.4, -0.2) is 0 Å². The van der Waals surface area contributed by atoms with Crippen molar-refractivity contribution < 1.29 is 0 Å². The number of hydrogen-bond acceptors (Lipinski definition) is 0. The highest BCUT2D eigenvalue weighted by Gasteiger charge is 2.07. The van der Waals surface area contributed by atoms with Crippen molar-refractivity contribution in [3.8, 4) is 11.1 Å². The summed E-state index contributed by atoms with van der Waals surface area (Å²) in [6.45, 7) is 9.10. The molecule has 2 rings (SSSR count). The van der Waals surface area contributed by atoms with Crippen LogP contribution in [0.2, 0.25) is 0 Å². The highest BCUT2D eigenvalue weighted by Crippen LogP contribution is 2.28. The molecule has 0 aliphatic carbocycles. The lowest BCUT2D eigenvalue weighted by Gasteiger charge is -2.13. The molecule has 2 unspecified atom stereocenters. The van der Waals surface area contributed by atoms with Crippen LogP contribution < -0.4 is 0 Å². The van der Waals surface area contributed by atoms with Crippen LogP contribution in [0.5, 0.6) is 0 Å². The predicted octanol–water partition coefficient (Wildman–Crippen LogP) is 6.38. The molecule has 0 N–H and O–H groups in total. The van der Waals surface area contributed by atoms with E-state index in [0.29, 0.717) is 11.8 Å². The van der Waals surface area contributed by atoms with Gasteiger partial charge in [0, 0.05) is 0 Å². The molecule has 20 heavy (non-hydrogen) atoms. The van der Waals surface area contributed by atoms with Gasteiger partial charge in [0.2, 0.25) is 0 Å². The van der Waals surface area contributed by atoms with E-state index >= 15 is 0 Å². The highest BCUT2D eigenvalue weighted by atomic mass is 14.1. The highest BCUT2D eigenvalue weighted by molar-refractivity contribution is 5.65. The first-order valence-corrected chi connectivity index (χ1v) is 7.86. The fraction of sp³-hybridized carbons (Fsp3) is 0.400. The van der Waals surface area contributed by atoms with Crippen LogP contribution >= 0.6 is 0 Å². The zero-order chi connectivity index (χ0) is 14.5. The van der Waals surface area contributed by atoms with Gasteiger partial charge in [-0.2, -0.15) is 0 Å². The van der Waals surface area contributed by atoms with Crippen molar-refractivity contribution in [1.82, 2.24) is 0 Å². The Labute approximate surface area is 123 Å². The van der Waals surface area contributed by atoms with Gasteiger partial charge >= 0.3 is 0 Å². The first kappa shape index (κ1) is 14.8. The summed E-state index contributed by atoms with van der Waals surface area (Å²) < 4.78 is 0.